The monoisotopic (exact) mass is 428 g/mol. The number of nitrogens with one attached hydrogen (secondary N) is 1. The summed E-state index contributed by atoms with van der Waals surface area (Å²) in [5.74, 6) is 0.861. The van der Waals surface area contributed by atoms with Crippen LogP contribution in [0.25, 0.3) is 10.8 Å². The topological polar surface area (TPSA) is 84.9 Å². The van der Waals surface area contributed by atoms with Crippen LogP contribution in [0.3, 0.4) is 0 Å². The molecule has 1 N–H and O–H groups in total. The number of carbonyl (C=O) groups is 1. The zero-order chi connectivity index (χ0) is 21.6. The molecule has 0 saturated carbocycles. The molecule has 3 rings (SSSR count). The van der Waals surface area contributed by atoms with Crippen molar-refractivity contribution >= 4 is 26.7 Å². The maximum absolute atomic E-state index is 12.6. The molecule has 7 nitrogen and oxygen atoms in total. The molecule has 158 valence electrons. The minimum atomic E-state index is -3.77. The SMILES string of the molecule is COc1ccc(S(=O)(=O)N(C)CC(=O)NCCOc2ccc3ccccc3c2)cc1. The fourth-order valence-corrected chi connectivity index (χ4v) is 4.01. The van der Waals surface area contributed by atoms with E-state index < -0.39 is 15.9 Å². The van der Waals surface area contributed by atoms with Gasteiger partial charge in [0.2, 0.25) is 15.9 Å². The van der Waals surface area contributed by atoms with Crippen molar-refractivity contribution in [2.24, 2.45) is 0 Å². The first kappa shape index (κ1) is 21.6. The molecule has 0 fully saturated rings. The number of rotatable bonds is 9. The van der Waals surface area contributed by atoms with E-state index in [0.717, 1.165) is 15.1 Å². The normalized spacial score (nSPS) is 11.4. The molecule has 30 heavy (non-hydrogen) atoms. The number of fused-ring (bicyclic) bond motifs is 1. The molecule has 0 bridgehead atoms. The number of amides is 1. The maximum Gasteiger partial charge on any atom is 0.243 e. The number of methoxy groups -OCH3 is 1. The number of benzene rings is 3. The lowest BCUT2D eigenvalue weighted by atomic mass is 10.1. The molecular weight excluding hydrogens is 404 g/mol. The van der Waals surface area contributed by atoms with E-state index in [2.05, 4.69) is 5.32 Å². The van der Waals surface area contributed by atoms with Gasteiger partial charge in [-0.15, -0.1) is 0 Å². The van der Waals surface area contributed by atoms with Crippen molar-refractivity contribution in [3.8, 4) is 11.5 Å². The first-order valence-corrected chi connectivity index (χ1v) is 10.8. The van der Waals surface area contributed by atoms with Crippen LogP contribution in [-0.4, -0.2) is 52.5 Å². The van der Waals surface area contributed by atoms with Gasteiger partial charge in [0.1, 0.15) is 18.1 Å². The van der Waals surface area contributed by atoms with E-state index in [-0.39, 0.29) is 24.6 Å². The Morgan fingerprint density at radius 3 is 2.33 bits per heavy atom. The van der Waals surface area contributed by atoms with Crippen LogP contribution < -0.4 is 14.8 Å². The Kier molecular flexibility index (Phi) is 6.91. The summed E-state index contributed by atoms with van der Waals surface area (Å²) in [6, 6.07) is 19.8. The molecular formula is C22H24N2O5S. The predicted molar refractivity (Wildman–Crippen MR) is 115 cm³/mol. The molecule has 8 heteroatoms. The van der Waals surface area contributed by atoms with Crippen molar-refractivity contribution in [2.45, 2.75) is 4.90 Å². The Morgan fingerprint density at radius 2 is 1.63 bits per heavy atom. The number of ether oxygens (including phenoxy) is 2. The summed E-state index contributed by atoms with van der Waals surface area (Å²) in [4.78, 5) is 12.2. The molecule has 0 aromatic heterocycles. The lowest BCUT2D eigenvalue weighted by molar-refractivity contribution is -0.121. The molecule has 0 saturated heterocycles. The first-order valence-electron chi connectivity index (χ1n) is 9.39. The molecule has 1 amide bonds. The fraction of sp³-hybridized carbons (Fsp3) is 0.227. The first-order chi connectivity index (χ1) is 14.4. The third kappa shape index (κ3) is 5.28. The summed E-state index contributed by atoms with van der Waals surface area (Å²) in [5.41, 5.74) is 0. The molecule has 3 aromatic carbocycles. The summed E-state index contributed by atoms with van der Waals surface area (Å²) >= 11 is 0. The zero-order valence-electron chi connectivity index (χ0n) is 16.9. The van der Waals surface area contributed by atoms with E-state index in [1.165, 1.54) is 26.3 Å². The van der Waals surface area contributed by atoms with Gasteiger partial charge in [0.05, 0.1) is 25.1 Å². The molecule has 0 aliphatic heterocycles. The number of hydrogen-bond donors (Lipinski definition) is 1. The van der Waals surface area contributed by atoms with E-state index in [1.807, 2.05) is 42.5 Å². The second-order valence-electron chi connectivity index (χ2n) is 6.64. The standard InChI is InChI=1S/C22H24N2O5S/c1-24(30(26,27)21-11-9-19(28-2)10-12-21)16-22(25)23-13-14-29-20-8-7-17-5-3-4-6-18(17)15-20/h3-12,15H,13-14,16H2,1-2H3,(H,23,25). The molecule has 0 radical (unpaired) electrons. The summed E-state index contributed by atoms with van der Waals surface area (Å²) in [6.45, 7) is 0.255. The van der Waals surface area contributed by atoms with E-state index in [1.54, 1.807) is 12.1 Å². The molecule has 0 spiro atoms. The Morgan fingerprint density at radius 1 is 0.967 bits per heavy atom. The number of nitrogens with zero attached hydrogens (tertiary/aromatic N) is 1. The number of carbonyl (C=O) groups excluding carboxylic acids is 1. The Bertz CT molecular complexity index is 1110. The lowest BCUT2D eigenvalue weighted by Crippen LogP contribution is -2.39. The Labute approximate surface area is 176 Å². The number of hydrogen-bond acceptors (Lipinski definition) is 5. The van der Waals surface area contributed by atoms with Crippen molar-refractivity contribution in [2.75, 3.05) is 33.9 Å². The third-order valence-electron chi connectivity index (χ3n) is 4.55. The second-order valence-corrected chi connectivity index (χ2v) is 8.69. The summed E-state index contributed by atoms with van der Waals surface area (Å²) in [5, 5.41) is 4.87. The van der Waals surface area contributed by atoms with Gasteiger partial charge in [-0.25, -0.2) is 8.42 Å². The van der Waals surface area contributed by atoms with Crippen LogP contribution in [0.2, 0.25) is 0 Å². The molecule has 0 unspecified atom stereocenters. The third-order valence-corrected chi connectivity index (χ3v) is 6.37. The van der Waals surface area contributed by atoms with Gasteiger partial charge < -0.3 is 14.8 Å². The van der Waals surface area contributed by atoms with Gasteiger partial charge in [0.15, 0.2) is 0 Å². The number of likely N-dealkylation sites (N-methyl/N-ethyl adjacent to an activating group) is 1. The van der Waals surface area contributed by atoms with E-state index in [9.17, 15) is 13.2 Å². The fourth-order valence-electron chi connectivity index (χ4n) is 2.89. The van der Waals surface area contributed by atoms with Crippen molar-refractivity contribution in [1.82, 2.24) is 9.62 Å². The highest BCUT2D eigenvalue weighted by Gasteiger charge is 2.22. The molecule has 0 aliphatic rings. The largest absolute Gasteiger partial charge is 0.497 e. The van der Waals surface area contributed by atoms with Gasteiger partial charge in [-0.1, -0.05) is 30.3 Å². The van der Waals surface area contributed by atoms with Crippen molar-refractivity contribution in [1.29, 1.82) is 0 Å². The molecule has 0 atom stereocenters. The average molecular weight is 429 g/mol. The van der Waals surface area contributed by atoms with Crippen molar-refractivity contribution < 1.29 is 22.7 Å². The molecule has 0 heterocycles. The summed E-state index contributed by atoms with van der Waals surface area (Å²) < 4.78 is 36.8. The van der Waals surface area contributed by atoms with Crippen LogP contribution in [0.1, 0.15) is 0 Å². The quantitative estimate of drug-likeness (QED) is 0.530. The van der Waals surface area contributed by atoms with Crippen molar-refractivity contribution in [3.63, 3.8) is 0 Å². The second kappa shape index (κ2) is 9.60. The Hall–Kier alpha value is -3.10. The van der Waals surface area contributed by atoms with Gasteiger partial charge in [-0.3, -0.25) is 4.79 Å². The Balaban J connectivity index is 1.47. The highest BCUT2D eigenvalue weighted by Crippen LogP contribution is 2.20. The maximum atomic E-state index is 12.6. The minimum Gasteiger partial charge on any atom is -0.497 e. The molecule has 3 aromatic rings. The van der Waals surface area contributed by atoms with Gasteiger partial charge in [0.25, 0.3) is 0 Å². The highest BCUT2D eigenvalue weighted by atomic mass is 32.2. The van der Waals surface area contributed by atoms with Crippen LogP contribution in [0.15, 0.2) is 71.6 Å². The van der Waals surface area contributed by atoms with E-state index in [4.69, 9.17) is 9.47 Å². The van der Waals surface area contributed by atoms with Gasteiger partial charge in [-0.2, -0.15) is 4.31 Å². The van der Waals surface area contributed by atoms with Gasteiger partial charge in [0, 0.05) is 7.05 Å². The van der Waals surface area contributed by atoms with Crippen LogP contribution in [0.4, 0.5) is 0 Å². The summed E-state index contributed by atoms with van der Waals surface area (Å²) in [7, 11) is -0.898. The lowest BCUT2D eigenvalue weighted by Gasteiger charge is -2.17. The predicted octanol–water partition coefficient (Wildman–Crippen LogP) is 2.66. The highest BCUT2D eigenvalue weighted by molar-refractivity contribution is 7.89. The van der Waals surface area contributed by atoms with Crippen LogP contribution >= 0.6 is 0 Å². The molecule has 0 aliphatic carbocycles. The van der Waals surface area contributed by atoms with Crippen LogP contribution in [0.5, 0.6) is 11.5 Å². The van der Waals surface area contributed by atoms with Crippen molar-refractivity contribution in [3.05, 3.63) is 66.7 Å². The van der Waals surface area contributed by atoms with Crippen LogP contribution in [0, 0.1) is 0 Å². The van der Waals surface area contributed by atoms with E-state index in [0.29, 0.717) is 11.5 Å². The zero-order valence-corrected chi connectivity index (χ0v) is 17.7. The van der Waals surface area contributed by atoms with Gasteiger partial charge >= 0.3 is 0 Å². The summed E-state index contributed by atoms with van der Waals surface area (Å²) in [6.07, 6.45) is 0. The van der Waals surface area contributed by atoms with E-state index >= 15 is 0 Å². The van der Waals surface area contributed by atoms with Crippen LogP contribution in [-0.2, 0) is 14.8 Å². The minimum absolute atomic E-state index is 0.0956. The number of sulfonamides is 1. The average Bonchev–Trinajstić information content (AvgIpc) is 2.76. The smallest absolute Gasteiger partial charge is 0.243 e. The van der Waals surface area contributed by atoms with Gasteiger partial charge in [-0.05, 0) is 47.2 Å².